The molecule has 0 aliphatic carbocycles. The van der Waals surface area contributed by atoms with E-state index < -0.39 is 0 Å². The van der Waals surface area contributed by atoms with Crippen LogP contribution >= 0.6 is 0 Å². The van der Waals surface area contributed by atoms with Crippen molar-refractivity contribution in [1.29, 1.82) is 0 Å². The monoisotopic (exact) mass is 269 g/mol. The smallest absolute Gasteiger partial charge is 0.146 e. The largest absolute Gasteiger partial charge is 0.455 e. The number of furan rings is 1. The van der Waals surface area contributed by atoms with Crippen LogP contribution in [0, 0.1) is 12.3 Å². The van der Waals surface area contributed by atoms with E-state index in [1.807, 2.05) is 48.5 Å². The van der Waals surface area contributed by atoms with Crippen molar-refractivity contribution in [3.05, 3.63) is 66.4 Å². The third kappa shape index (κ3) is 1.72. The molecule has 0 fully saturated rings. The molecule has 0 aliphatic rings. The van der Waals surface area contributed by atoms with Gasteiger partial charge in [0.1, 0.15) is 11.2 Å². The molecule has 2 heteroatoms. The summed E-state index contributed by atoms with van der Waals surface area (Å²) in [6, 6.07) is 17.7. The van der Waals surface area contributed by atoms with E-state index >= 15 is 0 Å². The van der Waals surface area contributed by atoms with Crippen molar-refractivity contribution in [3.8, 4) is 23.6 Å². The minimum absolute atomic E-state index is 0.792. The quantitative estimate of drug-likeness (QED) is 0.471. The second-order valence-electron chi connectivity index (χ2n) is 4.82. The van der Waals surface area contributed by atoms with Crippen molar-refractivity contribution < 1.29 is 4.42 Å². The summed E-state index contributed by atoms with van der Waals surface area (Å²) in [5.41, 5.74) is 4.16. The number of hydrogen-bond acceptors (Lipinski definition) is 2. The predicted molar refractivity (Wildman–Crippen MR) is 84.9 cm³/mol. The average molecular weight is 269 g/mol. The molecule has 98 valence electrons. The minimum atomic E-state index is 0.792. The van der Waals surface area contributed by atoms with E-state index in [-0.39, 0.29) is 0 Å². The van der Waals surface area contributed by atoms with Crippen LogP contribution in [0.25, 0.3) is 33.2 Å². The Morgan fingerprint density at radius 1 is 0.905 bits per heavy atom. The highest BCUT2D eigenvalue weighted by molar-refractivity contribution is 6.10. The Balaban J connectivity index is 2.19. The second-order valence-corrected chi connectivity index (χ2v) is 4.82. The topological polar surface area (TPSA) is 26.0 Å². The highest BCUT2D eigenvalue weighted by Crippen LogP contribution is 2.36. The van der Waals surface area contributed by atoms with Gasteiger partial charge in [-0.15, -0.1) is 6.42 Å². The molecule has 0 amide bonds. The van der Waals surface area contributed by atoms with Gasteiger partial charge in [0.05, 0.1) is 11.3 Å². The number of terminal acetylenes is 1. The van der Waals surface area contributed by atoms with Gasteiger partial charge in [0.2, 0.25) is 0 Å². The zero-order valence-corrected chi connectivity index (χ0v) is 11.2. The zero-order valence-electron chi connectivity index (χ0n) is 11.2. The van der Waals surface area contributed by atoms with Crippen LogP contribution in [-0.2, 0) is 0 Å². The summed E-state index contributed by atoms with van der Waals surface area (Å²) >= 11 is 0. The van der Waals surface area contributed by atoms with Crippen LogP contribution in [0.15, 0.2) is 65.2 Å². The van der Waals surface area contributed by atoms with Crippen LogP contribution in [0.2, 0.25) is 0 Å². The molecule has 0 atom stereocenters. The molecule has 0 spiro atoms. The summed E-state index contributed by atoms with van der Waals surface area (Å²) in [4.78, 5) is 4.42. The second kappa shape index (κ2) is 4.50. The molecule has 4 aromatic rings. The lowest BCUT2D eigenvalue weighted by Gasteiger charge is -2.04. The molecule has 21 heavy (non-hydrogen) atoms. The minimum Gasteiger partial charge on any atom is -0.455 e. The van der Waals surface area contributed by atoms with Gasteiger partial charge in [0.25, 0.3) is 0 Å². The third-order valence-corrected chi connectivity index (χ3v) is 3.62. The van der Waals surface area contributed by atoms with Crippen LogP contribution in [-0.4, -0.2) is 4.98 Å². The Morgan fingerprint density at radius 2 is 1.76 bits per heavy atom. The number of rotatable bonds is 1. The first-order valence-corrected chi connectivity index (χ1v) is 6.71. The Labute approximate surface area is 122 Å². The molecule has 2 aromatic heterocycles. The van der Waals surface area contributed by atoms with E-state index in [2.05, 4.69) is 17.0 Å². The molecule has 0 radical (unpaired) electrons. The fourth-order valence-electron chi connectivity index (χ4n) is 2.67. The number of pyridine rings is 1. The number of para-hydroxylation sites is 1. The summed E-state index contributed by atoms with van der Waals surface area (Å²) in [5, 5.41) is 2.15. The van der Waals surface area contributed by atoms with Crippen molar-refractivity contribution in [1.82, 2.24) is 4.98 Å². The first-order chi connectivity index (χ1) is 10.4. The summed E-state index contributed by atoms with van der Waals surface area (Å²) in [7, 11) is 0. The normalized spacial score (nSPS) is 10.8. The van der Waals surface area contributed by atoms with Crippen molar-refractivity contribution >= 4 is 21.9 Å². The molecule has 0 aliphatic heterocycles. The van der Waals surface area contributed by atoms with Crippen molar-refractivity contribution in [3.63, 3.8) is 0 Å². The van der Waals surface area contributed by atoms with E-state index in [4.69, 9.17) is 10.8 Å². The molecule has 0 N–H and O–H groups in total. The third-order valence-electron chi connectivity index (χ3n) is 3.62. The Morgan fingerprint density at radius 3 is 2.57 bits per heavy atom. The van der Waals surface area contributed by atoms with Crippen molar-refractivity contribution in [2.24, 2.45) is 0 Å². The molecule has 2 aromatic carbocycles. The maximum absolute atomic E-state index is 6.04. The van der Waals surface area contributed by atoms with Crippen LogP contribution in [0.3, 0.4) is 0 Å². The standard InChI is InChI=1S/C19H11NO/c1-2-13-10-11-15-14-7-3-4-9-17(14)21-19(15)18(13)16-8-5-6-12-20-16/h1,3-12H. The molecule has 4 rings (SSSR count). The molecule has 2 nitrogen and oxygen atoms in total. The van der Waals surface area contributed by atoms with Crippen molar-refractivity contribution in [2.45, 2.75) is 0 Å². The number of hydrogen-bond donors (Lipinski definition) is 0. The van der Waals surface area contributed by atoms with Gasteiger partial charge in [-0.2, -0.15) is 0 Å². The van der Waals surface area contributed by atoms with Gasteiger partial charge < -0.3 is 4.42 Å². The first kappa shape index (κ1) is 11.7. The highest BCUT2D eigenvalue weighted by Gasteiger charge is 2.15. The Bertz CT molecular complexity index is 991. The molecule has 0 saturated heterocycles. The highest BCUT2D eigenvalue weighted by atomic mass is 16.3. The van der Waals surface area contributed by atoms with Gasteiger partial charge >= 0.3 is 0 Å². The zero-order chi connectivity index (χ0) is 14.2. The molecule has 0 unspecified atom stereocenters. The fraction of sp³-hybridized carbons (Fsp3) is 0. The summed E-state index contributed by atoms with van der Waals surface area (Å²) in [6.45, 7) is 0. The maximum Gasteiger partial charge on any atom is 0.146 e. The lowest BCUT2D eigenvalue weighted by atomic mass is 10.0. The average Bonchev–Trinajstić information content (AvgIpc) is 2.93. The summed E-state index contributed by atoms with van der Waals surface area (Å²) < 4.78 is 6.04. The number of benzene rings is 2. The van der Waals surface area contributed by atoms with E-state index in [1.54, 1.807) is 6.20 Å². The fourth-order valence-corrected chi connectivity index (χ4v) is 2.67. The first-order valence-electron chi connectivity index (χ1n) is 6.71. The number of aromatic nitrogens is 1. The Kier molecular flexibility index (Phi) is 2.52. The van der Waals surface area contributed by atoms with Gasteiger partial charge in [0, 0.05) is 22.5 Å². The van der Waals surface area contributed by atoms with Crippen LogP contribution < -0.4 is 0 Å². The van der Waals surface area contributed by atoms with E-state index in [0.717, 1.165) is 38.8 Å². The van der Waals surface area contributed by atoms with Gasteiger partial charge in [-0.25, -0.2) is 0 Å². The summed E-state index contributed by atoms with van der Waals surface area (Å²) in [5.74, 6) is 2.73. The molecule has 0 bridgehead atoms. The number of fused-ring (bicyclic) bond motifs is 3. The van der Waals surface area contributed by atoms with Gasteiger partial charge in [-0.1, -0.05) is 30.2 Å². The van der Waals surface area contributed by atoms with Crippen LogP contribution in [0.5, 0.6) is 0 Å². The van der Waals surface area contributed by atoms with Crippen molar-refractivity contribution in [2.75, 3.05) is 0 Å². The van der Waals surface area contributed by atoms with E-state index in [9.17, 15) is 0 Å². The lowest BCUT2D eigenvalue weighted by Crippen LogP contribution is -1.88. The predicted octanol–water partition coefficient (Wildman–Crippen LogP) is 4.63. The molecular weight excluding hydrogens is 258 g/mol. The Hall–Kier alpha value is -3.05. The molecule has 2 heterocycles. The summed E-state index contributed by atoms with van der Waals surface area (Å²) in [6.07, 6.45) is 7.41. The van der Waals surface area contributed by atoms with E-state index in [1.165, 1.54) is 0 Å². The van der Waals surface area contributed by atoms with Gasteiger partial charge in [0.15, 0.2) is 0 Å². The maximum atomic E-state index is 6.04. The van der Waals surface area contributed by atoms with Crippen LogP contribution in [0.4, 0.5) is 0 Å². The van der Waals surface area contributed by atoms with Gasteiger partial charge in [-0.05, 0) is 30.3 Å². The lowest BCUT2D eigenvalue weighted by molar-refractivity contribution is 0.669. The van der Waals surface area contributed by atoms with E-state index in [0.29, 0.717) is 0 Å². The SMILES string of the molecule is C#Cc1ccc2c(oc3ccccc32)c1-c1ccccn1. The van der Waals surface area contributed by atoms with Crippen LogP contribution in [0.1, 0.15) is 5.56 Å². The number of nitrogens with zero attached hydrogens (tertiary/aromatic N) is 1. The van der Waals surface area contributed by atoms with Gasteiger partial charge in [-0.3, -0.25) is 4.98 Å². The molecule has 0 saturated carbocycles. The molecular formula is C19H11NO.